The molecule has 0 radical (unpaired) electrons. The molecule has 1 unspecified atom stereocenters. The highest BCUT2D eigenvalue weighted by Crippen LogP contribution is 2.29. The molecule has 0 aromatic heterocycles. The molecule has 1 saturated carbocycles. The Hall–Kier alpha value is -0.570. The average molecular weight is 198 g/mol. The Morgan fingerprint density at radius 3 is 2.43 bits per heavy atom. The van der Waals surface area contributed by atoms with Crippen molar-refractivity contribution in [3.8, 4) is 0 Å². The molecule has 1 atom stereocenters. The van der Waals surface area contributed by atoms with Gasteiger partial charge in [0.2, 0.25) is 5.91 Å². The summed E-state index contributed by atoms with van der Waals surface area (Å²) in [6.45, 7) is 5.49. The van der Waals surface area contributed by atoms with E-state index in [4.69, 9.17) is 5.73 Å². The molecule has 0 spiro atoms. The lowest BCUT2D eigenvalue weighted by Gasteiger charge is -2.25. The summed E-state index contributed by atoms with van der Waals surface area (Å²) >= 11 is 0. The fraction of sp³-hybridized carbons (Fsp3) is 0.909. The minimum absolute atomic E-state index is 0.00116. The van der Waals surface area contributed by atoms with Gasteiger partial charge in [0.25, 0.3) is 0 Å². The number of amides is 1. The lowest BCUT2D eigenvalue weighted by molar-refractivity contribution is -0.135. The first-order valence-corrected chi connectivity index (χ1v) is 5.51. The van der Waals surface area contributed by atoms with Crippen molar-refractivity contribution in [1.82, 2.24) is 4.90 Å². The van der Waals surface area contributed by atoms with Crippen LogP contribution in [0.4, 0.5) is 0 Å². The molecule has 0 aromatic rings. The normalized spacial score (nSPS) is 18.4. The van der Waals surface area contributed by atoms with E-state index in [-0.39, 0.29) is 11.8 Å². The highest BCUT2D eigenvalue weighted by atomic mass is 16.2. The molecule has 1 fully saturated rings. The van der Waals surface area contributed by atoms with Crippen LogP contribution >= 0.6 is 0 Å². The molecular weight excluding hydrogens is 176 g/mol. The zero-order valence-corrected chi connectivity index (χ0v) is 9.49. The number of hydrogen-bond acceptors (Lipinski definition) is 2. The quantitative estimate of drug-likeness (QED) is 0.718. The molecule has 14 heavy (non-hydrogen) atoms. The van der Waals surface area contributed by atoms with Crippen LogP contribution in [0.5, 0.6) is 0 Å². The van der Waals surface area contributed by atoms with Crippen molar-refractivity contribution in [1.29, 1.82) is 0 Å². The molecule has 3 nitrogen and oxygen atoms in total. The Morgan fingerprint density at radius 2 is 2.07 bits per heavy atom. The van der Waals surface area contributed by atoms with Gasteiger partial charge in [-0.2, -0.15) is 0 Å². The summed E-state index contributed by atoms with van der Waals surface area (Å²) in [6.07, 6.45) is 2.57. The molecule has 82 valence electrons. The molecule has 1 amide bonds. The molecule has 1 aliphatic rings. The third kappa shape index (κ3) is 2.98. The predicted octanol–water partition coefficient (Wildman–Crippen LogP) is 1.09. The Morgan fingerprint density at radius 1 is 1.50 bits per heavy atom. The Bertz CT molecular complexity index is 199. The van der Waals surface area contributed by atoms with E-state index in [1.807, 2.05) is 11.9 Å². The van der Waals surface area contributed by atoms with E-state index in [2.05, 4.69) is 13.8 Å². The molecule has 0 aliphatic heterocycles. The van der Waals surface area contributed by atoms with E-state index < -0.39 is 0 Å². The third-order valence-corrected chi connectivity index (χ3v) is 2.98. The van der Waals surface area contributed by atoms with Crippen LogP contribution < -0.4 is 5.73 Å². The maximum Gasteiger partial charge on any atom is 0.226 e. The zero-order chi connectivity index (χ0) is 10.7. The molecular formula is C11H22N2O. The molecule has 0 heterocycles. The van der Waals surface area contributed by atoms with Crippen LogP contribution in [0.15, 0.2) is 0 Å². The van der Waals surface area contributed by atoms with Gasteiger partial charge in [-0.05, 0) is 24.7 Å². The second kappa shape index (κ2) is 4.78. The summed E-state index contributed by atoms with van der Waals surface area (Å²) in [5, 5.41) is 0. The van der Waals surface area contributed by atoms with E-state index >= 15 is 0 Å². The maximum atomic E-state index is 11.9. The topological polar surface area (TPSA) is 46.3 Å². The summed E-state index contributed by atoms with van der Waals surface area (Å²) < 4.78 is 0. The lowest BCUT2D eigenvalue weighted by atomic mass is 9.94. The van der Waals surface area contributed by atoms with Crippen molar-refractivity contribution in [3.63, 3.8) is 0 Å². The standard InChI is InChI=1S/C11H22N2O/c1-8(2)10(6-12)11(14)13(3)7-9-4-5-9/h8-10H,4-7,12H2,1-3H3. The average Bonchev–Trinajstić information content (AvgIpc) is 2.88. The fourth-order valence-corrected chi connectivity index (χ4v) is 1.72. The van der Waals surface area contributed by atoms with Gasteiger partial charge in [0.15, 0.2) is 0 Å². The lowest BCUT2D eigenvalue weighted by Crippen LogP contribution is -2.40. The molecule has 1 aliphatic carbocycles. The van der Waals surface area contributed by atoms with Gasteiger partial charge < -0.3 is 10.6 Å². The van der Waals surface area contributed by atoms with Crippen molar-refractivity contribution in [2.24, 2.45) is 23.5 Å². The molecule has 3 heteroatoms. The number of nitrogens with zero attached hydrogens (tertiary/aromatic N) is 1. The van der Waals surface area contributed by atoms with Crippen LogP contribution in [0, 0.1) is 17.8 Å². The zero-order valence-electron chi connectivity index (χ0n) is 9.49. The molecule has 0 bridgehead atoms. The Labute approximate surface area is 86.6 Å². The molecule has 2 N–H and O–H groups in total. The number of rotatable bonds is 5. The summed E-state index contributed by atoms with van der Waals surface area (Å²) in [6, 6.07) is 0. The first-order chi connectivity index (χ1) is 6.56. The number of hydrogen-bond donors (Lipinski definition) is 1. The van der Waals surface area contributed by atoms with Crippen LogP contribution in [-0.4, -0.2) is 30.9 Å². The van der Waals surface area contributed by atoms with Crippen molar-refractivity contribution < 1.29 is 4.79 Å². The van der Waals surface area contributed by atoms with Crippen molar-refractivity contribution in [2.75, 3.05) is 20.1 Å². The van der Waals surface area contributed by atoms with Crippen LogP contribution in [0.1, 0.15) is 26.7 Å². The van der Waals surface area contributed by atoms with Gasteiger partial charge in [-0.3, -0.25) is 4.79 Å². The second-order valence-corrected chi connectivity index (χ2v) is 4.75. The van der Waals surface area contributed by atoms with Crippen LogP contribution in [0.2, 0.25) is 0 Å². The van der Waals surface area contributed by atoms with Gasteiger partial charge in [0, 0.05) is 20.1 Å². The number of carbonyl (C=O) groups excluding carboxylic acids is 1. The van der Waals surface area contributed by atoms with E-state index in [1.165, 1.54) is 12.8 Å². The van der Waals surface area contributed by atoms with Crippen LogP contribution in [0.25, 0.3) is 0 Å². The van der Waals surface area contributed by atoms with E-state index in [9.17, 15) is 4.79 Å². The predicted molar refractivity (Wildman–Crippen MR) is 57.7 cm³/mol. The van der Waals surface area contributed by atoms with E-state index in [1.54, 1.807) is 0 Å². The first kappa shape index (κ1) is 11.5. The summed E-state index contributed by atoms with van der Waals surface area (Å²) in [4.78, 5) is 13.8. The summed E-state index contributed by atoms with van der Waals surface area (Å²) in [5.41, 5.74) is 5.61. The van der Waals surface area contributed by atoms with Crippen molar-refractivity contribution in [2.45, 2.75) is 26.7 Å². The minimum atomic E-state index is -0.00116. The van der Waals surface area contributed by atoms with Gasteiger partial charge in [0.1, 0.15) is 0 Å². The van der Waals surface area contributed by atoms with Gasteiger partial charge in [-0.25, -0.2) is 0 Å². The Kier molecular flexibility index (Phi) is 3.93. The molecule has 0 aromatic carbocycles. The fourth-order valence-electron chi connectivity index (χ4n) is 1.72. The van der Waals surface area contributed by atoms with Gasteiger partial charge in [-0.1, -0.05) is 13.8 Å². The van der Waals surface area contributed by atoms with Crippen molar-refractivity contribution >= 4 is 5.91 Å². The van der Waals surface area contributed by atoms with Gasteiger partial charge in [0.05, 0.1) is 5.92 Å². The summed E-state index contributed by atoms with van der Waals surface area (Å²) in [5.74, 6) is 1.32. The monoisotopic (exact) mass is 198 g/mol. The van der Waals surface area contributed by atoms with Gasteiger partial charge >= 0.3 is 0 Å². The largest absolute Gasteiger partial charge is 0.345 e. The van der Waals surface area contributed by atoms with Crippen LogP contribution in [-0.2, 0) is 4.79 Å². The number of carbonyl (C=O) groups is 1. The van der Waals surface area contributed by atoms with E-state index in [0.717, 1.165) is 12.5 Å². The molecule has 1 rings (SSSR count). The summed E-state index contributed by atoms with van der Waals surface area (Å²) in [7, 11) is 1.89. The van der Waals surface area contributed by atoms with Crippen LogP contribution in [0.3, 0.4) is 0 Å². The highest BCUT2D eigenvalue weighted by Gasteiger charge is 2.28. The van der Waals surface area contributed by atoms with Gasteiger partial charge in [-0.15, -0.1) is 0 Å². The highest BCUT2D eigenvalue weighted by molar-refractivity contribution is 5.79. The van der Waals surface area contributed by atoms with Crippen molar-refractivity contribution in [3.05, 3.63) is 0 Å². The number of nitrogens with two attached hydrogens (primary N) is 1. The second-order valence-electron chi connectivity index (χ2n) is 4.75. The Balaban J connectivity index is 2.42. The van der Waals surface area contributed by atoms with E-state index in [0.29, 0.717) is 12.5 Å². The smallest absolute Gasteiger partial charge is 0.226 e. The minimum Gasteiger partial charge on any atom is -0.345 e. The third-order valence-electron chi connectivity index (χ3n) is 2.98. The molecule has 0 saturated heterocycles. The first-order valence-electron chi connectivity index (χ1n) is 5.51. The maximum absolute atomic E-state index is 11.9. The SMILES string of the molecule is CC(C)C(CN)C(=O)N(C)CC1CC1.